The van der Waals surface area contributed by atoms with Crippen molar-refractivity contribution in [2.45, 2.75) is 51.2 Å². The molecule has 0 spiro atoms. The number of nitrogens with zero attached hydrogens (tertiary/aromatic N) is 2. The van der Waals surface area contributed by atoms with E-state index in [1.165, 1.54) is 0 Å². The molecule has 1 amide bonds. The second-order valence-electron chi connectivity index (χ2n) is 4.66. The first kappa shape index (κ1) is 10.9. The van der Waals surface area contributed by atoms with Gasteiger partial charge in [-0.25, -0.2) is 5.01 Å². The fourth-order valence-electron chi connectivity index (χ4n) is 2.10. The number of aliphatic hydroxyl groups excluding tert-OH is 1. The van der Waals surface area contributed by atoms with E-state index < -0.39 is 0 Å². The average molecular weight is 212 g/mol. The van der Waals surface area contributed by atoms with Crippen molar-refractivity contribution < 1.29 is 9.90 Å². The van der Waals surface area contributed by atoms with Gasteiger partial charge in [0.05, 0.1) is 6.10 Å². The molecule has 1 N–H and O–H groups in total. The van der Waals surface area contributed by atoms with Crippen molar-refractivity contribution in [2.24, 2.45) is 0 Å². The van der Waals surface area contributed by atoms with E-state index >= 15 is 0 Å². The highest BCUT2D eigenvalue weighted by Gasteiger charge is 2.38. The molecule has 1 unspecified atom stereocenters. The van der Waals surface area contributed by atoms with Crippen LogP contribution in [0.1, 0.15) is 39.0 Å². The van der Waals surface area contributed by atoms with Crippen LogP contribution in [0.3, 0.4) is 0 Å². The molecule has 15 heavy (non-hydrogen) atoms. The SMILES string of the molecule is CC(O)CCN1CCCC(=O)N1C1CC1. The fourth-order valence-corrected chi connectivity index (χ4v) is 2.10. The van der Waals surface area contributed by atoms with Crippen molar-refractivity contribution in [3.8, 4) is 0 Å². The molecule has 1 saturated heterocycles. The van der Waals surface area contributed by atoms with Gasteiger partial charge < -0.3 is 5.11 Å². The highest BCUT2D eigenvalue weighted by atomic mass is 16.3. The molecule has 0 aromatic heterocycles. The van der Waals surface area contributed by atoms with E-state index in [4.69, 9.17) is 0 Å². The Hall–Kier alpha value is -0.610. The number of rotatable bonds is 4. The van der Waals surface area contributed by atoms with Crippen LogP contribution < -0.4 is 0 Å². The minimum absolute atomic E-state index is 0.273. The summed E-state index contributed by atoms with van der Waals surface area (Å²) >= 11 is 0. The molecule has 86 valence electrons. The molecule has 2 fully saturated rings. The van der Waals surface area contributed by atoms with E-state index in [-0.39, 0.29) is 12.0 Å². The number of carbonyl (C=O) groups excluding carboxylic acids is 1. The molecule has 2 rings (SSSR count). The average Bonchev–Trinajstić information content (AvgIpc) is 2.98. The first-order valence-corrected chi connectivity index (χ1v) is 5.93. The van der Waals surface area contributed by atoms with Crippen molar-refractivity contribution in [1.82, 2.24) is 10.0 Å². The van der Waals surface area contributed by atoms with E-state index in [1.807, 2.05) is 5.01 Å². The lowest BCUT2D eigenvalue weighted by atomic mass is 10.2. The zero-order chi connectivity index (χ0) is 10.8. The first-order valence-electron chi connectivity index (χ1n) is 5.93. The summed E-state index contributed by atoms with van der Waals surface area (Å²) in [5.74, 6) is 0.273. The number of hydrogen-bond acceptors (Lipinski definition) is 3. The van der Waals surface area contributed by atoms with Gasteiger partial charge in [-0.1, -0.05) is 0 Å². The van der Waals surface area contributed by atoms with E-state index in [0.29, 0.717) is 12.5 Å². The van der Waals surface area contributed by atoms with Crippen LogP contribution in [-0.2, 0) is 4.79 Å². The molecule has 0 aromatic rings. The second kappa shape index (κ2) is 4.49. The van der Waals surface area contributed by atoms with Crippen molar-refractivity contribution in [2.75, 3.05) is 13.1 Å². The van der Waals surface area contributed by atoms with Crippen molar-refractivity contribution in [3.63, 3.8) is 0 Å². The number of hydrogen-bond donors (Lipinski definition) is 1. The van der Waals surface area contributed by atoms with E-state index in [9.17, 15) is 9.90 Å². The lowest BCUT2D eigenvalue weighted by Crippen LogP contribution is -2.52. The zero-order valence-corrected chi connectivity index (χ0v) is 9.35. The maximum absolute atomic E-state index is 11.8. The zero-order valence-electron chi connectivity index (χ0n) is 9.35. The Bertz CT molecular complexity index is 239. The summed E-state index contributed by atoms with van der Waals surface area (Å²) < 4.78 is 0. The van der Waals surface area contributed by atoms with Crippen LogP contribution in [0, 0.1) is 0 Å². The van der Waals surface area contributed by atoms with Crippen LogP contribution in [0.5, 0.6) is 0 Å². The quantitative estimate of drug-likeness (QED) is 0.748. The van der Waals surface area contributed by atoms with Gasteiger partial charge in [-0.05, 0) is 32.6 Å². The first-order chi connectivity index (χ1) is 7.18. The van der Waals surface area contributed by atoms with Gasteiger partial charge in [-0.15, -0.1) is 0 Å². The maximum Gasteiger partial charge on any atom is 0.237 e. The summed E-state index contributed by atoms with van der Waals surface area (Å²) in [6, 6.07) is 0.465. The van der Waals surface area contributed by atoms with Gasteiger partial charge in [0, 0.05) is 25.6 Å². The van der Waals surface area contributed by atoms with Gasteiger partial charge in [-0.3, -0.25) is 9.80 Å². The topological polar surface area (TPSA) is 43.8 Å². The van der Waals surface area contributed by atoms with Crippen molar-refractivity contribution >= 4 is 5.91 Å². The maximum atomic E-state index is 11.8. The van der Waals surface area contributed by atoms with Crippen LogP contribution >= 0.6 is 0 Å². The lowest BCUT2D eigenvalue weighted by molar-refractivity contribution is -0.157. The van der Waals surface area contributed by atoms with Crippen LogP contribution in [0.2, 0.25) is 0 Å². The Morgan fingerprint density at radius 2 is 2.27 bits per heavy atom. The smallest absolute Gasteiger partial charge is 0.237 e. The predicted octanol–water partition coefficient (Wildman–Crippen LogP) is 0.759. The summed E-state index contributed by atoms with van der Waals surface area (Å²) in [6.45, 7) is 3.57. The van der Waals surface area contributed by atoms with Crippen LogP contribution in [0.15, 0.2) is 0 Å². The summed E-state index contributed by atoms with van der Waals surface area (Å²) in [7, 11) is 0. The molecule has 0 aromatic carbocycles. The normalized spacial score (nSPS) is 25.7. The molecule has 0 bridgehead atoms. The Balaban J connectivity index is 1.91. The molecule has 4 heteroatoms. The number of hydrazine groups is 1. The van der Waals surface area contributed by atoms with Crippen LogP contribution in [-0.4, -0.2) is 46.3 Å². The fraction of sp³-hybridized carbons (Fsp3) is 0.909. The monoisotopic (exact) mass is 212 g/mol. The van der Waals surface area contributed by atoms with E-state index in [0.717, 1.165) is 38.8 Å². The predicted molar refractivity (Wildman–Crippen MR) is 57.0 cm³/mol. The number of amides is 1. The van der Waals surface area contributed by atoms with Gasteiger partial charge in [0.2, 0.25) is 5.91 Å². The minimum Gasteiger partial charge on any atom is -0.393 e. The highest BCUT2D eigenvalue weighted by Crippen LogP contribution is 2.31. The van der Waals surface area contributed by atoms with Crippen molar-refractivity contribution in [1.29, 1.82) is 0 Å². The molecule has 1 saturated carbocycles. The minimum atomic E-state index is -0.275. The molecule has 4 nitrogen and oxygen atoms in total. The van der Waals surface area contributed by atoms with Crippen LogP contribution in [0.4, 0.5) is 0 Å². The van der Waals surface area contributed by atoms with Crippen molar-refractivity contribution in [3.05, 3.63) is 0 Å². The van der Waals surface area contributed by atoms with Gasteiger partial charge in [-0.2, -0.15) is 0 Å². The molecule has 2 aliphatic rings. The molecule has 0 radical (unpaired) electrons. The van der Waals surface area contributed by atoms with E-state index in [2.05, 4.69) is 5.01 Å². The Labute approximate surface area is 90.8 Å². The Morgan fingerprint density at radius 1 is 1.53 bits per heavy atom. The number of carbonyl (C=O) groups is 1. The molecular formula is C11H20N2O2. The third-order valence-electron chi connectivity index (χ3n) is 3.06. The summed E-state index contributed by atoms with van der Waals surface area (Å²) in [6.07, 6.45) is 4.43. The lowest BCUT2D eigenvalue weighted by Gasteiger charge is -2.39. The van der Waals surface area contributed by atoms with Gasteiger partial charge >= 0.3 is 0 Å². The van der Waals surface area contributed by atoms with Crippen LogP contribution in [0.25, 0.3) is 0 Å². The summed E-state index contributed by atoms with van der Waals surface area (Å²) in [4.78, 5) is 11.8. The molecule has 1 aliphatic carbocycles. The van der Waals surface area contributed by atoms with Gasteiger partial charge in [0.15, 0.2) is 0 Å². The second-order valence-corrected chi connectivity index (χ2v) is 4.66. The van der Waals surface area contributed by atoms with Gasteiger partial charge in [0.25, 0.3) is 0 Å². The molecule has 1 atom stereocenters. The Morgan fingerprint density at radius 3 is 2.87 bits per heavy atom. The molecular weight excluding hydrogens is 192 g/mol. The third kappa shape index (κ3) is 2.69. The van der Waals surface area contributed by atoms with E-state index in [1.54, 1.807) is 6.92 Å². The molecule has 1 aliphatic heterocycles. The summed E-state index contributed by atoms with van der Waals surface area (Å²) in [5, 5.41) is 13.3. The summed E-state index contributed by atoms with van der Waals surface area (Å²) in [5.41, 5.74) is 0. The standard InChI is InChI=1S/C11H20N2O2/c1-9(14)6-8-12-7-2-3-11(15)13(12)10-4-5-10/h9-10,14H,2-8H2,1H3. The largest absolute Gasteiger partial charge is 0.393 e. The third-order valence-corrected chi connectivity index (χ3v) is 3.06. The highest BCUT2D eigenvalue weighted by molar-refractivity contribution is 5.77. The molecule has 1 heterocycles. The number of aliphatic hydroxyl groups is 1. The van der Waals surface area contributed by atoms with Gasteiger partial charge in [0.1, 0.15) is 0 Å². The Kier molecular flexibility index (Phi) is 3.26.